The van der Waals surface area contributed by atoms with Gasteiger partial charge in [0.15, 0.2) is 0 Å². The number of fused-ring (bicyclic) bond motifs is 1. The molecule has 2 aliphatic heterocycles. The third-order valence-electron chi connectivity index (χ3n) is 4.78. The molecule has 2 heteroatoms. The molecule has 0 spiro atoms. The largest absolute Gasteiger partial charge is 0.301 e. The molecule has 1 N–H and O–H groups in total. The molecule has 0 amide bonds. The summed E-state index contributed by atoms with van der Waals surface area (Å²) in [6, 6.07) is 0. The molecule has 2 saturated heterocycles. The Morgan fingerprint density at radius 1 is 0.867 bits per heavy atom. The Balaban J connectivity index is 1.69. The maximum Gasteiger partial charge on any atom is 0.0628 e. The van der Waals surface area contributed by atoms with Crippen molar-refractivity contribution in [3.8, 4) is 0 Å². The van der Waals surface area contributed by atoms with E-state index in [1.807, 2.05) is 0 Å². The highest BCUT2D eigenvalue weighted by atomic mass is 15.3. The van der Waals surface area contributed by atoms with Crippen LogP contribution in [0.3, 0.4) is 0 Å². The van der Waals surface area contributed by atoms with Crippen molar-refractivity contribution in [2.24, 2.45) is 11.8 Å². The van der Waals surface area contributed by atoms with Gasteiger partial charge in [0, 0.05) is 0 Å². The van der Waals surface area contributed by atoms with Crippen molar-refractivity contribution in [2.45, 2.75) is 51.1 Å². The smallest absolute Gasteiger partial charge is 0.0628 e. The van der Waals surface area contributed by atoms with Crippen molar-refractivity contribution < 1.29 is 0 Å². The van der Waals surface area contributed by atoms with Gasteiger partial charge >= 0.3 is 0 Å². The van der Waals surface area contributed by atoms with Gasteiger partial charge in [0.1, 0.15) is 0 Å². The van der Waals surface area contributed by atoms with Crippen LogP contribution < -0.4 is 5.32 Å². The summed E-state index contributed by atoms with van der Waals surface area (Å²) in [6.07, 6.45) is 11.0. The monoisotopic (exact) mass is 208 g/mol. The lowest BCUT2D eigenvalue weighted by Gasteiger charge is -2.45. The third kappa shape index (κ3) is 1.94. The Kier molecular flexibility index (Phi) is 2.98. The first kappa shape index (κ1) is 10.1. The van der Waals surface area contributed by atoms with Gasteiger partial charge < -0.3 is 5.32 Å². The Morgan fingerprint density at radius 2 is 1.67 bits per heavy atom. The van der Waals surface area contributed by atoms with E-state index in [0.717, 1.165) is 18.0 Å². The van der Waals surface area contributed by atoms with E-state index in [4.69, 9.17) is 0 Å². The fraction of sp³-hybridized carbons (Fsp3) is 1.00. The summed E-state index contributed by atoms with van der Waals surface area (Å²) in [5.74, 6) is 2.02. The van der Waals surface area contributed by atoms with E-state index in [1.54, 1.807) is 0 Å². The second kappa shape index (κ2) is 4.42. The summed E-state index contributed by atoms with van der Waals surface area (Å²) in [7, 11) is 0. The molecule has 3 unspecified atom stereocenters. The molecule has 0 aromatic heterocycles. The number of hydrogen-bond donors (Lipinski definition) is 1. The van der Waals surface area contributed by atoms with Crippen molar-refractivity contribution in [2.75, 3.05) is 19.6 Å². The topological polar surface area (TPSA) is 15.3 Å². The summed E-state index contributed by atoms with van der Waals surface area (Å²) in [6.45, 7) is 3.96. The van der Waals surface area contributed by atoms with E-state index in [2.05, 4.69) is 10.2 Å². The predicted octanol–water partition coefficient (Wildman–Crippen LogP) is 2.21. The Labute approximate surface area is 93.4 Å². The van der Waals surface area contributed by atoms with Crippen LogP contribution in [-0.2, 0) is 0 Å². The van der Waals surface area contributed by atoms with Crippen molar-refractivity contribution in [3.63, 3.8) is 0 Å². The van der Waals surface area contributed by atoms with Gasteiger partial charge in [-0.25, -0.2) is 0 Å². The van der Waals surface area contributed by atoms with Crippen LogP contribution in [0.1, 0.15) is 44.9 Å². The predicted molar refractivity (Wildman–Crippen MR) is 62.7 cm³/mol. The molecular weight excluding hydrogens is 184 g/mol. The van der Waals surface area contributed by atoms with E-state index in [9.17, 15) is 0 Å². The molecule has 1 aliphatic carbocycles. The third-order valence-corrected chi connectivity index (χ3v) is 4.78. The van der Waals surface area contributed by atoms with Crippen molar-refractivity contribution in [3.05, 3.63) is 0 Å². The minimum Gasteiger partial charge on any atom is -0.301 e. The quantitative estimate of drug-likeness (QED) is 0.711. The molecule has 15 heavy (non-hydrogen) atoms. The zero-order valence-corrected chi connectivity index (χ0v) is 9.75. The van der Waals surface area contributed by atoms with Gasteiger partial charge in [-0.1, -0.05) is 19.3 Å². The van der Waals surface area contributed by atoms with Crippen molar-refractivity contribution in [1.82, 2.24) is 10.2 Å². The van der Waals surface area contributed by atoms with Gasteiger partial charge in [0.25, 0.3) is 0 Å². The maximum atomic E-state index is 3.79. The zero-order valence-electron chi connectivity index (χ0n) is 9.75. The fourth-order valence-electron chi connectivity index (χ4n) is 4.00. The Bertz CT molecular complexity index is 209. The van der Waals surface area contributed by atoms with Crippen LogP contribution >= 0.6 is 0 Å². The maximum absolute atomic E-state index is 3.79. The highest BCUT2D eigenvalue weighted by molar-refractivity contribution is 4.90. The fourth-order valence-corrected chi connectivity index (χ4v) is 4.00. The average molecular weight is 208 g/mol. The molecule has 0 radical (unpaired) electrons. The lowest BCUT2D eigenvalue weighted by molar-refractivity contribution is 0.0408. The average Bonchev–Trinajstić information content (AvgIpc) is 2.82. The number of rotatable bonds is 1. The summed E-state index contributed by atoms with van der Waals surface area (Å²) in [4.78, 5) is 2.72. The highest BCUT2D eigenvalue weighted by Gasteiger charge is 2.38. The van der Waals surface area contributed by atoms with Gasteiger partial charge in [0.2, 0.25) is 0 Å². The normalized spacial score (nSPS) is 42.8. The SMILES string of the molecule is C1CCC2C(C1)CCNC2N1CCCC1. The first-order chi connectivity index (χ1) is 7.45. The molecule has 2 heterocycles. The van der Waals surface area contributed by atoms with Crippen LogP contribution in [0.5, 0.6) is 0 Å². The summed E-state index contributed by atoms with van der Waals surface area (Å²) < 4.78 is 0. The molecule has 0 bridgehead atoms. The van der Waals surface area contributed by atoms with Crippen LogP contribution in [0.4, 0.5) is 0 Å². The molecule has 86 valence electrons. The Hall–Kier alpha value is -0.0800. The van der Waals surface area contributed by atoms with Crippen LogP contribution in [0.2, 0.25) is 0 Å². The van der Waals surface area contributed by atoms with Crippen LogP contribution in [0.25, 0.3) is 0 Å². The highest BCUT2D eigenvalue weighted by Crippen LogP contribution is 2.38. The van der Waals surface area contributed by atoms with Crippen LogP contribution in [0, 0.1) is 11.8 Å². The van der Waals surface area contributed by atoms with E-state index in [0.29, 0.717) is 0 Å². The number of likely N-dealkylation sites (tertiary alicyclic amines) is 1. The van der Waals surface area contributed by atoms with E-state index < -0.39 is 0 Å². The van der Waals surface area contributed by atoms with Crippen LogP contribution in [0.15, 0.2) is 0 Å². The summed E-state index contributed by atoms with van der Waals surface area (Å²) in [5, 5.41) is 3.79. The molecule has 2 nitrogen and oxygen atoms in total. The lowest BCUT2D eigenvalue weighted by atomic mass is 9.73. The number of nitrogens with one attached hydrogen (secondary N) is 1. The van der Waals surface area contributed by atoms with E-state index in [-0.39, 0.29) is 0 Å². The second-order valence-corrected chi connectivity index (χ2v) is 5.64. The first-order valence-corrected chi connectivity index (χ1v) is 6.92. The van der Waals surface area contributed by atoms with Gasteiger partial charge in [-0.3, -0.25) is 4.90 Å². The van der Waals surface area contributed by atoms with Gasteiger partial charge in [0.05, 0.1) is 6.17 Å². The van der Waals surface area contributed by atoms with E-state index >= 15 is 0 Å². The van der Waals surface area contributed by atoms with Gasteiger partial charge in [-0.2, -0.15) is 0 Å². The minimum absolute atomic E-state index is 0.742. The summed E-state index contributed by atoms with van der Waals surface area (Å²) in [5.41, 5.74) is 0. The molecule has 3 atom stereocenters. The number of piperidine rings is 1. The van der Waals surface area contributed by atoms with Crippen molar-refractivity contribution in [1.29, 1.82) is 0 Å². The summed E-state index contributed by atoms with van der Waals surface area (Å²) >= 11 is 0. The molecule has 3 fully saturated rings. The minimum atomic E-state index is 0.742. The molecule has 0 aromatic carbocycles. The lowest BCUT2D eigenvalue weighted by Crippen LogP contribution is -2.55. The molecule has 3 aliphatic rings. The van der Waals surface area contributed by atoms with Gasteiger partial charge in [-0.15, -0.1) is 0 Å². The number of nitrogens with zero attached hydrogens (tertiary/aromatic N) is 1. The molecule has 3 rings (SSSR count). The van der Waals surface area contributed by atoms with Gasteiger partial charge in [-0.05, 0) is 57.2 Å². The molecule has 1 saturated carbocycles. The second-order valence-electron chi connectivity index (χ2n) is 5.64. The van der Waals surface area contributed by atoms with E-state index in [1.165, 1.54) is 64.6 Å². The first-order valence-electron chi connectivity index (χ1n) is 6.92. The van der Waals surface area contributed by atoms with Crippen LogP contribution in [-0.4, -0.2) is 30.7 Å². The number of hydrogen-bond acceptors (Lipinski definition) is 2. The van der Waals surface area contributed by atoms with Crippen molar-refractivity contribution >= 4 is 0 Å². The molecule has 0 aromatic rings. The zero-order chi connectivity index (χ0) is 10.1. The molecular formula is C13H24N2. The Morgan fingerprint density at radius 3 is 2.53 bits per heavy atom. The standard InChI is InChI=1S/C13H24N2/c1-2-6-12-11(5-1)7-8-14-13(12)15-9-3-4-10-15/h11-14H,1-10H2.